The van der Waals surface area contributed by atoms with E-state index < -0.39 is 0 Å². The van der Waals surface area contributed by atoms with Gasteiger partial charge in [-0.15, -0.1) is 0 Å². The van der Waals surface area contributed by atoms with Crippen LogP contribution in [0.4, 0.5) is 0 Å². The maximum atomic E-state index is 12.4. The third kappa shape index (κ3) is 3.43. The Bertz CT molecular complexity index is 737. The molecule has 1 fully saturated rings. The zero-order chi connectivity index (χ0) is 17.1. The predicted octanol–water partition coefficient (Wildman–Crippen LogP) is 1.34. The van der Waals surface area contributed by atoms with Crippen LogP contribution in [0, 0.1) is 0 Å². The second-order valence-electron chi connectivity index (χ2n) is 6.53. The number of amides is 2. The van der Waals surface area contributed by atoms with Crippen LogP contribution in [-0.4, -0.2) is 59.8 Å². The molecule has 2 N–H and O–H groups in total. The average molecular weight is 328 g/mol. The molecule has 1 aliphatic heterocycles. The van der Waals surface area contributed by atoms with Crippen LogP contribution in [0.2, 0.25) is 0 Å². The summed E-state index contributed by atoms with van der Waals surface area (Å²) in [6, 6.07) is 7.64. The lowest BCUT2D eigenvalue weighted by Crippen LogP contribution is -2.45. The van der Waals surface area contributed by atoms with Crippen LogP contribution in [0.1, 0.15) is 18.4 Å². The van der Waals surface area contributed by atoms with Gasteiger partial charge in [-0.3, -0.25) is 9.59 Å². The number of carbonyl (C=O) groups excluding carboxylic acids is 2. The summed E-state index contributed by atoms with van der Waals surface area (Å²) in [5, 5.41) is 4.04. The van der Waals surface area contributed by atoms with Crippen LogP contribution in [0.3, 0.4) is 0 Å². The molecule has 6 heteroatoms. The van der Waals surface area contributed by atoms with Crippen molar-refractivity contribution in [2.75, 3.05) is 27.2 Å². The lowest BCUT2D eigenvalue weighted by atomic mass is 10.1. The third-order valence-electron chi connectivity index (χ3n) is 4.50. The number of hydrogen-bond donors (Lipinski definition) is 2. The first kappa shape index (κ1) is 16.5. The molecular weight excluding hydrogens is 304 g/mol. The number of nitrogens with zero attached hydrogens (tertiary/aromatic N) is 2. The molecule has 2 aromatic rings. The summed E-state index contributed by atoms with van der Waals surface area (Å²) in [6.45, 7) is 1.85. The summed E-state index contributed by atoms with van der Waals surface area (Å²) in [4.78, 5) is 31.7. The van der Waals surface area contributed by atoms with Gasteiger partial charge in [0, 0.05) is 43.2 Å². The van der Waals surface area contributed by atoms with Gasteiger partial charge in [-0.1, -0.05) is 18.2 Å². The number of likely N-dealkylation sites (tertiary alicyclic amines) is 1. The van der Waals surface area contributed by atoms with Gasteiger partial charge >= 0.3 is 0 Å². The minimum absolute atomic E-state index is 0.0491. The van der Waals surface area contributed by atoms with Crippen LogP contribution < -0.4 is 5.32 Å². The fourth-order valence-corrected chi connectivity index (χ4v) is 3.17. The summed E-state index contributed by atoms with van der Waals surface area (Å²) in [7, 11) is 3.93. The lowest BCUT2D eigenvalue weighted by molar-refractivity contribution is -0.135. The number of aromatic amines is 1. The molecule has 2 amide bonds. The maximum absolute atomic E-state index is 12.4. The van der Waals surface area contributed by atoms with Gasteiger partial charge in [-0.25, -0.2) is 0 Å². The number of fused-ring (bicyclic) bond motifs is 1. The molecule has 1 aromatic carbocycles. The molecule has 6 nitrogen and oxygen atoms in total. The van der Waals surface area contributed by atoms with Gasteiger partial charge in [-0.2, -0.15) is 0 Å². The molecule has 0 bridgehead atoms. The molecule has 1 atom stereocenters. The summed E-state index contributed by atoms with van der Waals surface area (Å²) in [5.74, 6) is -0.00409. The molecule has 1 aromatic heterocycles. The van der Waals surface area contributed by atoms with Crippen molar-refractivity contribution in [3.63, 3.8) is 0 Å². The highest BCUT2D eigenvalue weighted by Gasteiger charge is 2.36. The smallest absolute Gasteiger partial charge is 0.242 e. The van der Waals surface area contributed by atoms with Crippen molar-refractivity contribution in [2.45, 2.75) is 25.4 Å². The number of nitrogens with one attached hydrogen (secondary N) is 2. The molecule has 1 aliphatic rings. The predicted molar refractivity (Wildman–Crippen MR) is 93.4 cm³/mol. The maximum Gasteiger partial charge on any atom is 0.242 e. The van der Waals surface area contributed by atoms with E-state index in [-0.39, 0.29) is 17.9 Å². The summed E-state index contributed by atoms with van der Waals surface area (Å²) in [5.41, 5.74) is 2.10. The fourth-order valence-electron chi connectivity index (χ4n) is 3.17. The Hall–Kier alpha value is -2.34. The van der Waals surface area contributed by atoms with Crippen LogP contribution in [0.25, 0.3) is 10.9 Å². The van der Waals surface area contributed by atoms with E-state index in [2.05, 4.69) is 10.3 Å². The van der Waals surface area contributed by atoms with Crippen LogP contribution in [0.5, 0.6) is 0 Å². The van der Waals surface area contributed by atoms with Crippen molar-refractivity contribution in [3.8, 4) is 0 Å². The highest BCUT2D eigenvalue weighted by molar-refractivity contribution is 5.91. The number of benzene rings is 1. The van der Waals surface area contributed by atoms with Crippen molar-refractivity contribution >= 4 is 22.7 Å². The molecular formula is C18H24N4O2. The zero-order valence-electron chi connectivity index (χ0n) is 14.2. The van der Waals surface area contributed by atoms with Gasteiger partial charge in [0.25, 0.3) is 0 Å². The van der Waals surface area contributed by atoms with Crippen LogP contribution in [0.15, 0.2) is 30.5 Å². The topological polar surface area (TPSA) is 68.4 Å². The third-order valence-corrected chi connectivity index (χ3v) is 4.50. The second kappa shape index (κ2) is 7.05. The SMILES string of the molecule is CN(C)CCNC(=O)[C@H]1CCC(=O)N1Cc1c[nH]c2ccccc12. The Balaban J connectivity index is 1.70. The quantitative estimate of drug-likeness (QED) is 0.841. The average Bonchev–Trinajstić information content (AvgIpc) is 3.12. The van der Waals surface area contributed by atoms with E-state index in [1.807, 2.05) is 49.5 Å². The molecule has 2 heterocycles. The molecule has 24 heavy (non-hydrogen) atoms. The summed E-state index contributed by atoms with van der Waals surface area (Å²) >= 11 is 0. The van der Waals surface area contributed by atoms with E-state index in [4.69, 9.17) is 0 Å². The standard InChI is InChI=1S/C18H24N4O2/c1-21(2)10-9-19-18(24)16-7-8-17(23)22(16)12-13-11-20-15-6-4-3-5-14(13)15/h3-6,11,16,20H,7-10,12H2,1-2H3,(H,19,24)/t16-/m1/s1. The Morgan fingerprint density at radius 3 is 2.96 bits per heavy atom. The first-order chi connectivity index (χ1) is 11.6. The first-order valence-corrected chi connectivity index (χ1v) is 8.33. The van der Waals surface area contributed by atoms with E-state index in [0.717, 1.165) is 23.0 Å². The minimum Gasteiger partial charge on any atom is -0.361 e. The Morgan fingerprint density at radius 2 is 2.17 bits per heavy atom. The molecule has 3 rings (SSSR count). The number of likely N-dealkylation sites (N-methyl/N-ethyl adjacent to an activating group) is 1. The summed E-state index contributed by atoms with van der Waals surface area (Å²) < 4.78 is 0. The van der Waals surface area contributed by atoms with E-state index in [9.17, 15) is 9.59 Å². The first-order valence-electron chi connectivity index (χ1n) is 8.33. The summed E-state index contributed by atoms with van der Waals surface area (Å²) in [6.07, 6.45) is 2.96. The van der Waals surface area contributed by atoms with E-state index >= 15 is 0 Å². The van der Waals surface area contributed by atoms with Crippen molar-refractivity contribution in [3.05, 3.63) is 36.0 Å². The molecule has 1 saturated heterocycles. The fraction of sp³-hybridized carbons (Fsp3) is 0.444. The Kier molecular flexibility index (Phi) is 4.85. The number of rotatable bonds is 6. The van der Waals surface area contributed by atoms with Crippen molar-refractivity contribution < 1.29 is 9.59 Å². The largest absolute Gasteiger partial charge is 0.361 e. The molecule has 0 saturated carbocycles. The van der Waals surface area contributed by atoms with Gasteiger partial charge in [0.1, 0.15) is 6.04 Å². The lowest BCUT2D eigenvalue weighted by Gasteiger charge is -2.24. The molecule has 0 unspecified atom stereocenters. The number of H-pyrrole nitrogens is 1. The zero-order valence-corrected chi connectivity index (χ0v) is 14.2. The monoisotopic (exact) mass is 328 g/mol. The minimum atomic E-state index is -0.367. The Morgan fingerprint density at radius 1 is 1.38 bits per heavy atom. The van der Waals surface area contributed by atoms with Gasteiger partial charge in [0.05, 0.1) is 0 Å². The Labute approximate surface area is 141 Å². The van der Waals surface area contributed by atoms with Gasteiger partial charge in [0.15, 0.2) is 0 Å². The highest BCUT2D eigenvalue weighted by atomic mass is 16.2. The van der Waals surface area contributed by atoms with Crippen LogP contribution in [-0.2, 0) is 16.1 Å². The molecule has 0 spiro atoms. The molecule has 0 radical (unpaired) electrons. The van der Waals surface area contributed by atoms with Crippen LogP contribution >= 0.6 is 0 Å². The highest BCUT2D eigenvalue weighted by Crippen LogP contribution is 2.25. The van der Waals surface area contributed by atoms with E-state index in [1.54, 1.807) is 4.90 Å². The normalized spacial score (nSPS) is 17.9. The van der Waals surface area contributed by atoms with Gasteiger partial charge in [0.2, 0.25) is 11.8 Å². The molecule has 0 aliphatic carbocycles. The second-order valence-corrected chi connectivity index (χ2v) is 6.53. The number of para-hydroxylation sites is 1. The number of carbonyl (C=O) groups is 2. The molecule has 128 valence electrons. The van der Waals surface area contributed by atoms with Crippen molar-refractivity contribution in [1.29, 1.82) is 0 Å². The van der Waals surface area contributed by atoms with E-state index in [0.29, 0.717) is 25.9 Å². The number of aromatic nitrogens is 1. The van der Waals surface area contributed by atoms with E-state index in [1.165, 1.54) is 0 Å². The van der Waals surface area contributed by atoms with Crippen molar-refractivity contribution in [1.82, 2.24) is 20.1 Å². The van der Waals surface area contributed by atoms with Gasteiger partial charge in [-0.05, 0) is 32.1 Å². The van der Waals surface area contributed by atoms with Gasteiger partial charge < -0.3 is 20.1 Å². The number of hydrogen-bond acceptors (Lipinski definition) is 3. The van der Waals surface area contributed by atoms with Crippen molar-refractivity contribution in [2.24, 2.45) is 0 Å².